The number of nitrogens with zero attached hydrogens (tertiary/aromatic N) is 4. The third-order valence-electron chi connectivity index (χ3n) is 5.84. The summed E-state index contributed by atoms with van der Waals surface area (Å²) in [5.74, 6) is 2.65. The molecule has 6 rings (SSSR count). The van der Waals surface area contributed by atoms with E-state index in [0.29, 0.717) is 10.7 Å². The molecule has 0 aromatic carbocycles. The first-order valence-corrected chi connectivity index (χ1v) is 8.68. The van der Waals surface area contributed by atoms with Crippen molar-refractivity contribution in [3.8, 4) is 0 Å². The zero-order valence-electron chi connectivity index (χ0n) is 12.1. The van der Waals surface area contributed by atoms with Crippen molar-refractivity contribution in [3.05, 3.63) is 21.1 Å². The van der Waals surface area contributed by atoms with E-state index in [1.807, 2.05) is 0 Å². The molecule has 5 nitrogen and oxygen atoms in total. The Morgan fingerprint density at radius 1 is 1.10 bits per heavy atom. The predicted octanol–water partition coefficient (Wildman–Crippen LogP) is 2.32. The summed E-state index contributed by atoms with van der Waals surface area (Å²) < 4.78 is 1.47. The second kappa shape index (κ2) is 3.91. The molecule has 4 bridgehead atoms. The monoisotopic (exact) mass is 302 g/mol. The largest absolute Gasteiger partial charge is 0.296 e. The van der Waals surface area contributed by atoms with E-state index in [-0.39, 0.29) is 11.0 Å². The van der Waals surface area contributed by atoms with Gasteiger partial charge in [-0.3, -0.25) is 4.79 Å². The quantitative estimate of drug-likeness (QED) is 0.811. The predicted molar refractivity (Wildman–Crippen MR) is 79.5 cm³/mol. The maximum atomic E-state index is 12.2. The van der Waals surface area contributed by atoms with Crippen LogP contribution in [0, 0.1) is 24.7 Å². The van der Waals surface area contributed by atoms with Crippen LogP contribution in [0.25, 0.3) is 4.96 Å². The normalized spacial score (nSPS) is 37.5. The number of hydrogen-bond acceptors (Lipinski definition) is 5. The Labute approximate surface area is 126 Å². The molecule has 4 saturated carbocycles. The molecule has 0 spiro atoms. The van der Waals surface area contributed by atoms with Crippen molar-refractivity contribution in [3.63, 3.8) is 0 Å². The molecule has 0 atom stereocenters. The van der Waals surface area contributed by atoms with E-state index in [2.05, 4.69) is 15.3 Å². The second-order valence-electron chi connectivity index (χ2n) is 7.39. The minimum atomic E-state index is -0.118. The van der Waals surface area contributed by atoms with Crippen LogP contribution in [0.3, 0.4) is 0 Å². The zero-order chi connectivity index (χ0) is 14.2. The van der Waals surface area contributed by atoms with Gasteiger partial charge in [0, 0.05) is 5.41 Å². The molecule has 0 unspecified atom stereocenters. The van der Waals surface area contributed by atoms with E-state index < -0.39 is 0 Å². The van der Waals surface area contributed by atoms with Crippen molar-refractivity contribution in [2.75, 3.05) is 0 Å². The fourth-order valence-electron chi connectivity index (χ4n) is 5.38. The van der Waals surface area contributed by atoms with E-state index in [4.69, 9.17) is 0 Å². The average molecular weight is 302 g/mol. The Kier molecular flexibility index (Phi) is 2.28. The van der Waals surface area contributed by atoms with Crippen LogP contribution >= 0.6 is 11.3 Å². The minimum Gasteiger partial charge on any atom is -0.265 e. The van der Waals surface area contributed by atoms with Crippen LogP contribution in [0.15, 0.2) is 4.79 Å². The van der Waals surface area contributed by atoms with E-state index in [0.717, 1.165) is 22.8 Å². The van der Waals surface area contributed by atoms with Crippen LogP contribution in [0.5, 0.6) is 0 Å². The maximum absolute atomic E-state index is 12.2. The molecule has 0 N–H and O–H groups in total. The van der Waals surface area contributed by atoms with Crippen molar-refractivity contribution in [2.45, 2.75) is 50.9 Å². The van der Waals surface area contributed by atoms with Crippen molar-refractivity contribution < 1.29 is 0 Å². The number of aromatic nitrogens is 4. The van der Waals surface area contributed by atoms with Gasteiger partial charge in [-0.05, 0) is 63.2 Å². The molecule has 21 heavy (non-hydrogen) atoms. The second-order valence-corrected chi connectivity index (χ2v) is 8.35. The topological polar surface area (TPSA) is 60.1 Å². The summed E-state index contributed by atoms with van der Waals surface area (Å²) in [6, 6.07) is 0. The van der Waals surface area contributed by atoms with Crippen LogP contribution in [-0.2, 0) is 5.41 Å². The highest BCUT2D eigenvalue weighted by Gasteiger charge is 2.53. The van der Waals surface area contributed by atoms with Crippen LogP contribution in [0.2, 0.25) is 0 Å². The molecule has 0 radical (unpaired) electrons. The van der Waals surface area contributed by atoms with Gasteiger partial charge < -0.3 is 0 Å². The molecule has 6 heteroatoms. The smallest absolute Gasteiger partial charge is 0.265 e. The van der Waals surface area contributed by atoms with Gasteiger partial charge in [0.05, 0.1) is 0 Å². The maximum Gasteiger partial charge on any atom is 0.296 e. The molecule has 2 heterocycles. The van der Waals surface area contributed by atoms with Crippen LogP contribution in [0.1, 0.15) is 49.2 Å². The van der Waals surface area contributed by atoms with E-state index in [9.17, 15) is 4.79 Å². The zero-order valence-corrected chi connectivity index (χ0v) is 12.9. The summed E-state index contributed by atoms with van der Waals surface area (Å²) in [6.45, 7) is 1.70. The first kappa shape index (κ1) is 12.3. The van der Waals surface area contributed by atoms with E-state index in [1.165, 1.54) is 43.0 Å². The highest BCUT2D eigenvalue weighted by molar-refractivity contribution is 7.16. The molecule has 2 aromatic rings. The molecule has 4 aliphatic rings. The Morgan fingerprint density at radius 3 is 2.33 bits per heavy atom. The summed E-state index contributed by atoms with van der Waals surface area (Å²) in [6.07, 6.45) is 8.05. The highest BCUT2D eigenvalue weighted by atomic mass is 32.1. The van der Waals surface area contributed by atoms with Crippen molar-refractivity contribution in [2.24, 2.45) is 17.8 Å². The third-order valence-corrected chi connectivity index (χ3v) is 6.98. The van der Waals surface area contributed by atoms with Crippen LogP contribution in [-0.4, -0.2) is 19.8 Å². The Bertz CT molecular complexity index is 757. The fourth-order valence-corrected chi connectivity index (χ4v) is 6.43. The van der Waals surface area contributed by atoms with Gasteiger partial charge in [-0.25, -0.2) is 0 Å². The van der Waals surface area contributed by atoms with Crippen LogP contribution in [0.4, 0.5) is 0 Å². The van der Waals surface area contributed by atoms with Crippen molar-refractivity contribution >= 4 is 16.3 Å². The molecule has 2 aromatic heterocycles. The van der Waals surface area contributed by atoms with E-state index >= 15 is 0 Å². The van der Waals surface area contributed by atoms with Gasteiger partial charge in [-0.2, -0.15) is 9.61 Å². The average Bonchev–Trinajstić information content (AvgIpc) is 2.87. The molecule has 0 amide bonds. The minimum absolute atomic E-state index is 0.118. The molecule has 0 saturated heterocycles. The lowest BCUT2D eigenvalue weighted by molar-refractivity contribution is -0.00567. The van der Waals surface area contributed by atoms with Crippen molar-refractivity contribution in [1.29, 1.82) is 0 Å². The Morgan fingerprint density at radius 2 is 1.71 bits per heavy atom. The van der Waals surface area contributed by atoms with Gasteiger partial charge in [0.2, 0.25) is 4.96 Å². The summed E-state index contributed by atoms with van der Waals surface area (Å²) in [7, 11) is 0. The van der Waals surface area contributed by atoms with Gasteiger partial charge in [-0.15, -0.1) is 10.2 Å². The Balaban J connectivity index is 1.67. The first-order valence-electron chi connectivity index (χ1n) is 7.87. The summed E-state index contributed by atoms with van der Waals surface area (Å²) >= 11 is 1.59. The highest BCUT2D eigenvalue weighted by Crippen LogP contribution is 2.61. The Hall–Kier alpha value is -1.30. The molecule has 4 aliphatic carbocycles. The van der Waals surface area contributed by atoms with Gasteiger partial charge in [0.15, 0.2) is 0 Å². The summed E-state index contributed by atoms with van der Waals surface area (Å²) in [5.41, 5.74) is 0.537. The standard InChI is InChI=1S/C15H18N4OS/c1-8-12(20)19-14(17-16-8)21-13(18-19)15-5-9-2-10(6-15)4-11(3-9)7-15/h9-11H,2-7H2,1H3. The molecular weight excluding hydrogens is 284 g/mol. The number of fused-ring (bicyclic) bond motifs is 1. The van der Waals surface area contributed by atoms with Gasteiger partial charge in [-0.1, -0.05) is 11.3 Å². The molecular formula is C15H18N4OS. The SMILES string of the molecule is Cc1nnc2sc(C34CC5CC(CC(C5)C3)C4)nn2c1=O. The molecule has 4 fully saturated rings. The lowest BCUT2D eigenvalue weighted by Gasteiger charge is -2.55. The van der Waals surface area contributed by atoms with E-state index in [1.54, 1.807) is 18.3 Å². The van der Waals surface area contributed by atoms with Crippen LogP contribution < -0.4 is 5.56 Å². The fraction of sp³-hybridized carbons (Fsp3) is 0.733. The number of hydrogen-bond donors (Lipinski definition) is 0. The lowest BCUT2D eigenvalue weighted by atomic mass is 9.50. The third kappa shape index (κ3) is 1.62. The molecule has 0 aliphatic heterocycles. The first-order chi connectivity index (χ1) is 10.1. The van der Waals surface area contributed by atoms with Gasteiger partial charge in [0.1, 0.15) is 10.7 Å². The van der Waals surface area contributed by atoms with Gasteiger partial charge in [0.25, 0.3) is 5.56 Å². The van der Waals surface area contributed by atoms with Crippen molar-refractivity contribution in [1.82, 2.24) is 19.8 Å². The number of aryl methyl sites for hydroxylation is 1. The lowest BCUT2D eigenvalue weighted by Crippen LogP contribution is -2.48. The molecule has 110 valence electrons. The number of rotatable bonds is 1. The summed E-state index contributed by atoms with van der Waals surface area (Å²) in [5, 5.41) is 13.9. The van der Waals surface area contributed by atoms with Gasteiger partial charge >= 0.3 is 0 Å². The summed E-state index contributed by atoms with van der Waals surface area (Å²) in [4.78, 5) is 12.8.